The number of hydrogen-bond acceptors (Lipinski definition) is 4. The Kier molecular flexibility index (Phi) is 4.33. The van der Waals surface area contributed by atoms with Gasteiger partial charge in [0.1, 0.15) is 6.33 Å². The SMILES string of the molecule is O=S(=O)(Nc1cccc(-n2cnc3ccccc32)c1)c1ccc(-n2ccnc2)cc1. The van der Waals surface area contributed by atoms with E-state index in [-0.39, 0.29) is 4.90 Å². The van der Waals surface area contributed by atoms with E-state index in [4.69, 9.17) is 0 Å². The Morgan fingerprint density at radius 3 is 2.47 bits per heavy atom. The number of rotatable bonds is 5. The molecule has 148 valence electrons. The summed E-state index contributed by atoms with van der Waals surface area (Å²) in [5.74, 6) is 0. The van der Waals surface area contributed by atoms with Crippen LogP contribution in [0.15, 0.2) is 103 Å². The van der Waals surface area contributed by atoms with Crippen LogP contribution < -0.4 is 4.72 Å². The molecule has 0 aliphatic carbocycles. The van der Waals surface area contributed by atoms with Crippen molar-refractivity contribution in [1.82, 2.24) is 19.1 Å². The highest BCUT2D eigenvalue weighted by Gasteiger charge is 2.15. The van der Waals surface area contributed by atoms with Gasteiger partial charge in [-0.25, -0.2) is 18.4 Å². The number of nitrogens with one attached hydrogen (secondary N) is 1. The van der Waals surface area contributed by atoms with Crippen molar-refractivity contribution < 1.29 is 8.42 Å². The molecule has 0 aliphatic rings. The Balaban J connectivity index is 1.43. The molecule has 0 unspecified atom stereocenters. The fourth-order valence-corrected chi connectivity index (χ4v) is 4.36. The minimum atomic E-state index is -3.73. The first-order valence-corrected chi connectivity index (χ1v) is 10.7. The molecule has 0 saturated carbocycles. The lowest BCUT2D eigenvalue weighted by Crippen LogP contribution is -2.13. The smallest absolute Gasteiger partial charge is 0.261 e. The van der Waals surface area contributed by atoms with E-state index in [0.29, 0.717) is 5.69 Å². The first-order chi connectivity index (χ1) is 14.6. The summed E-state index contributed by atoms with van der Waals surface area (Å²) in [4.78, 5) is 8.58. The average Bonchev–Trinajstić information content (AvgIpc) is 3.44. The van der Waals surface area contributed by atoms with E-state index in [9.17, 15) is 8.42 Å². The fourth-order valence-electron chi connectivity index (χ4n) is 3.31. The molecule has 0 fully saturated rings. The Bertz CT molecular complexity index is 1420. The molecular formula is C22H17N5O2S. The van der Waals surface area contributed by atoms with Crippen molar-refractivity contribution in [2.75, 3.05) is 4.72 Å². The molecule has 0 spiro atoms. The summed E-state index contributed by atoms with van der Waals surface area (Å²) in [6.45, 7) is 0. The third-order valence-electron chi connectivity index (χ3n) is 4.78. The maximum absolute atomic E-state index is 12.9. The molecule has 0 aliphatic heterocycles. The predicted molar refractivity (Wildman–Crippen MR) is 115 cm³/mol. The molecule has 5 aromatic rings. The third kappa shape index (κ3) is 3.33. The quantitative estimate of drug-likeness (QED) is 0.470. The monoisotopic (exact) mass is 415 g/mol. The van der Waals surface area contributed by atoms with E-state index in [0.717, 1.165) is 22.4 Å². The topological polar surface area (TPSA) is 81.8 Å². The summed E-state index contributed by atoms with van der Waals surface area (Å²) < 4.78 is 32.1. The van der Waals surface area contributed by atoms with Crippen LogP contribution in [0.1, 0.15) is 0 Å². The fraction of sp³-hybridized carbons (Fsp3) is 0. The van der Waals surface area contributed by atoms with Crippen LogP contribution in [0.25, 0.3) is 22.4 Å². The van der Waals surface area contributed by atoms with Crippen LogP contribution >= 0.6 is 0 Å². The average molecular weight is 415 g/mol. The molecule has 0 saturated heterocycles. The molecule has 0 bridgehead atoms. The minimum Gasteiger partial charge on any atom is -0.306 e. The summed E-state index contributed by atoms with van der Waals surface area (Å²) >= 11 is 0. The molecular weight excluding hydrogens is 398 g/mol. The lowest BCUT2D eigenvalue weighted by Gasteiger charge is -2.11. The zero-order chi connectivity index (χ0) is 20.6. The Morgan fingerprint density at radius 1 is 0.833 bits per heavy atom. The van der Waals surface area contributed by atoms with E-state index in [2.05, 4.69) is 14.7 Å². The number of hydrogen-bond donors (Lipinski definition) is 1. The first-order valence-electron chi connectivity index (χ1n) is 9.24. The highest BCUT2D eigenvalue weighted by molar-refractivity contribution is 7.92. The highest BCUT2D eigenvalue weighted by Crippen LogP contribution is 2.23. The van der Waals surface area contributed by atoms with Gasteiger partial charge in [0.05, 0.1) is 27.9 Å². The number of nitrogens with zero attached hydrogens (tertiary/aromatic N) is 4. The molecule has 3 aromatic carbocycles. The van der Waals surface area contributed by atoms with Gasteiger partial charge in [-0.2, -0.15) is 0 Å². The van der Waals surface area contributed by atoms with E-state index < -0.39 is 10.0 Å². The van der Waals surface area contributed by atoms with Crippen LogP contribution in [0, 0.1) is 0 Å². The van der Waals surface area contributed by atoms with Crippen LogP contribution in [-0.4, -0.2) is 27.5 Å². The Morgan fingerprint density at radius 2 is 1.67 bits per heavy atom. The summed E-state index contributed by atoms with van der Waals surface area (Å²) in [7, 11) is -3.73. The predicted octanol–water partition coefficient (Wildman–Crippen LogP) is 4.01. The van der Waals surface area contributed by atoms with Crippen molar-refractivity contribution in [3.8, 4) is 11.4 Å². The van der Waals surface area contributed by atoms with E-state index in [1.807, 2.05) is 45.5 Å². The number of para-hydroxylation sites is 2. The van der Waals surface area contributed by atoms with Gasteiger partial charge in [-0.1, -0.05) is 18.2 Å². The normalized spacial score (nSPS) is 11.6. The molecule has 2 heterocycles. The number of sulfonamides is 1. The Hall–Kier alpha value is -3.91. The summed E-state index contributed by atoms with van der Waals surface area (Å²) in [5.41, 5.74) is 3.96. The van der Waals surface area contributed by atoms with Gasteiger partial charge in [0.2, 0.25) is 0 Å². The van der Waals surface area contributed by atoms with E-state index >= 15 is 0 Å². The maximum Gasteiger partial charge on any atom is 0.261 e. The van der Waals surface area contributed by atoms with Crippen LogP contribution in [-0.2, 0) is 10.0 Å². The van der Waals surface area contributed by atoms with E-state index in [1.54, 1.807) is 61.4 Å². The number of imidazole rings is 2. The molecule has 0 amide bonds. The molecule has 0 atom stereocenters. The van der Waals surface area contributed by atoms with Crippen LogP contribution in [0.2, 0.25) is 0 Å². The second-order valence-electron chi connectivity index (χ2n) is 6.72. The van der Waals surface area contributed by atoms with Crippen molar-refractivity contribution in [2.45, 2.75) is 4.90 Å². The van der Waals surface area contributed by atoms with Gasteiger partial charge in [0.15, 0.2) is 0 Å². The van der Waals surface area contributed by atoms with Crippen molar-refractivity contribution in [1.29, 1.82) is 0 Å². The lowest BCUT2D eigenvalue weighted by molar-refractivity contribution is 0.601. The zero-order valence-electron chi connectivity index (χ0n) is 15.8. The largest absolute Gasteiger partial charge is 0.306 e. The van der Waals surface area contributed by atoms with Crippen LogP contribution in [0.3, 0.4) is 0 Å². The van der Waals surface area contributed by atoms with Gasteiger partial charge in [-0.3, -0.25) is 9.29 Å². The van der Waals surface area contributed by atoms with Crippen LogP contribution in [0.4, 0.5) is 5.69 Å². The van der Waals surface area contributed by atoms with Crippen molar-refractivity contribution in [3.63, 3.8) is 0 Å². The van der Waals surface area contributed by atoms with Crippen molar-refractivity contribution in [3.05, 3.63) is 97.8 Å². The third-order valence-corrected chi connectivity index (χ3v) is 6.18. The lowest BCUT2D eigenvalue weighted by atomic mass is 10.2. The van der Waals surface area contributed by atoms with Gasteiger partial charge >= 0.3 is 0 Å². The number of anilines is 1. The second-order valence-corrected chi connectivity index (χ2v) is 8.41. The molecule has 2 aromatic heterocycles. The molecule has 0 radical (unpaired) electrons. The first kappa shape index (κ1) is 18.1. The highest BCUT2D eigenvalue weighted by atomic mass is 32.2. The summed E-state index contributed by atoms with van der Waals surface area (Å²) in [5, 5.41) is 0. The number of benzene rings is 3. The van der Waals surface area contributed by atoms with Gasteiger partial charge in [0, 0.05) is 23.8 Å². The van der Waals surface area contributed by atoms with Gasteiger partial charge in [-0.15, -0.1) is 0 Å². The maximum atomic E-state index is 12.9. The van der Waals surface area contributed by atoms with Gasteiger partial charge < -0.3 is 4.57 Å². The molecule has 30 heavy (non-hydrogen) atoms. The summed E-state index contributed by atoms with van der Waals surface area (Å²) in [6.07, 6.45) is 6.86. The van der Waals surface area contributed by atoms with Crippen molar-refractivity contribution >= 4 is 26.7 Å². The summed E-state index contributed by atoms with van der Waals surface area (Å²) in [6, 6.07) is 21.6. The second kappa shape index (κ2) is 7.16. The van der Waals surface area contributed by atoms with E-state index in [1.165, 1.54) is 0 Å². The minimum absolute atomic E-state index is 0.185. The zero-order valence-corrected chi connectivity index (χ0v) is 16.6. The van der Waals surface area contributed by atoms with Crippen molar-refractivity contribution in [2.24, 2.45) is 0 Å². The number of fused-ring (bicyclic) bond motifs is 1. The number of aromatic nitrogens is 4. The molecule has 5 rings (SSSR count). The molecule has 8 heteroatoms. The van der Waals surface area contributed by atoms with Gasteiger partial charge in [0.25, 0.3) is 10.0 Å². The Labute approximate surface area is 173 Å². The van der Waals surface area contributed by atoms with Gasteiger partial charge in [-0.05, 0) is 54.6 Å². The molecule has 1 N–H and O–H groups in total. The standard InChI is InChI=1S/C22H17N5O2S/c28-30(29,20-10-8-18(9-11-20)26-13-12-23-15-26)25-17-4-3-5-19(14-17)27-16-24-21-6-1-2-7-22(21)27/h1-16,25H. The molecule has 7 nitrogen and oxygen atoms in total. The van der Waals surface area contributed by atoms with Crippen LogP contribution in [0.5, 0.6) is 0 Å².